The van der Waals surface area contributed by atoms with E-state index in [0.29, 0.717) is 18.1 Å². The summed E-state index contributed by atoms with van der Waals surface area (Å²) in [5, 5.41) is 2.92. The fourth-order valence-electron chi connectivity index (χ4n) is 1.96. The van der Waals surface area contributed by atoms with Crippen LogP contribution in [0.4, 0.5) is 0 Å². The Balaban J connectivity index is 2.19. The van der Waals surface area contributed by atoms with Gasteiger partial charge in [-0.15, -0.1) is 0 Å². The summed E-state index contributed by atoms with van der Waals surface area (Å²) in [7, 11) is -3.33. The van der Waals surface area contributed by atoms with Gasteiger partial charge in [0.05, 0.1) is 0 Å². The maximum Gasteiger partial charge on any atom is 0.271 e. The van der Waals surface area contributed by atoms with Crippen molar-refractivity contribution in [3.8, 4) is 0 Å². The first-order valence-electron chi connectivity index (χ1n) is 5.82. The fraction of sp³-hybridized carbons (Fsp3) is 0.700. The number of nitrogens with one attached hydrogen (secondary N) is 1. The van der Waals surface area contributed by atoms with Crippen molar-refractivity contribution in [1.29, 1.82) is 0 Å². The number of amides is 2. The summed E-state index contributed by atoms with van der Waals surface area (Å²) in [5.41, 5.74) is 2.47. The maximum atomic E-state index is 12.3. The molecule has 0 aromatic heterocycles. The van der Waals surface area contributed by atoms with Crippen LogP contribution in [0.5, 0.6) is 0 Å². The number of sulfone groups is 1. The van der Waals surface area contributed by atoms with Crippen molar-refractivity contribution < 1.29 is 18.0 Å². The number of hydrazone groups is 1. The lowest BCUT2D eigenvalue weighted by Crippen LogP contribution is -2.52. The van der Waals surface area contributed by atoms with Gasteiger partial charge < -0.3 is 4.90 Å². The molecule has 1 atom stereocenters. The lowest BCUT2D eigenvalue weighted by molar-refractivity contribution is -0.125. The van der Waals surface area contributed by atoms with Crippen LogP contribution in [0.15, 0.2) is 5.10 Å². The van der Waals surface area contributed by atoms with Crippen LogP contribution < -0.4 is 5.43 Å². The molecule has 7 nitrogen and oxygen atoms in total. The molecule has 2 aliphatic heterocycles. The molecule has 0 saturated carbocycles. The van der Waals surface area contributed by atoms with Gasteiger partial charge in [0.25, 0.3) is 5.91 Å². The van der Waals surface area contributed by atoms with Crippen LogP contribution in [0.2, 0.25) is 0 Å². The van der Waals surface area contributed by atoms with E-state index in [1.165, 1.54) is 16.7 Å². The summed E-state index contributed by atoms with van der Waals surface area (Å²) in [4.78, 5) is 24.6. The van der Waals surface area contributed by atoms with E-state index in [4.69, 9.17) is 0 Å². The quantitative estimate of drug-likeness (QED) is 0.720. The van der Waals surface area contributed by atoms with Gasteiger partial charge in [-0.3, -0.25) is 9.59 Å². The Kier molecular flexibility index (Phi) is 4.14. The Morgan fingerprint density at radius 3 is 2.79 bits per heavy atom. The largest absolute Gasteiger partial charge is 0.319 e. The summed E-state index contributed by atoms with van der Waals surface area (Å²) in [6, 6.07) is 0. The molecule has 1 unspecified atom stereocenters. The van der Waals surface area contributed by atoms with Crippen LogP contribution in [0.25, 0.3) is 0 Å². The first kappa shape index (κ1) is 14.3. The van der Waals surface area contributed by atoms with Crippen LogP contribution >= 0.6 is 11.8 Å². The lowest BCUT2D eigenvalue weighted by atomic mass is 10.1. The van der Waals surface area contributed by atoms with E-state index in [2.05, 4.69) is 10.5 Å². The van der Waals surface area contributed by atoms with Crippen molar-refractivity contribution in [3.05, 3.63) is 0 Å². The van der Waals surface area contributed by atoms with Gasteiger partial charge in [0.15, 0.2) is 9.84 Å². The summed E-state index contributed by atoms with van der Waals surface area (Å²) < 4.78 is 23.4. The molecule has 0 radical (unpaired) electrons. The first-order valence-corrected chi connectivity index (χ1v) is 8.93. The monoisotopic (exact) mass is 305 g/mol. The molecule has 106 valence electrons. The fourth-order valence-corrected chi connectivity index (χ4v) is 4.78. The van der Waals surface area contributed by atoms with E-state index in [0.717, 1.165) is 6.26 Å². The number of hydrogen-bond donors (Lipinski definition) is 1. The predicted octanol–water partition coefficient (Wildman–Crippen LogP) is -0.801. The topological polar surface area (TPSA) is 95.9 Å². The molecule has 0 aromatic rings. The predicted molar refractivity (Wildman–Crippen MR) is 72.5 cm³/mol. The minimum Gasteiger partial charge on any atom is -0.319 e. The van der Waals surface area contributed by atoms with Crippen LogP contribution in [-0.2, 0) is 19.4 Å². The average Bonchev–Trinajstić information content (AvgIpc) is 2.38. The molecular formula is C10H15N3O4S2. The van der Waals surface area contributed by atoms with Crippen molar-refractivity contribution in [3.63, 3.8) is 0 Å². The standard InChI is InChI=1S/C10H15N3O4S2/c1-19(16,17)9-6-18-5-4-13(9)10(15)7-2-3-8(14)12-11-7/h9H,2-6H2,1H3,(H,12,14). The molecule has 1 N–H and O–H groups in total. The Labute approximate surface area is 115 Å². The van der Waals surface area contributed by atoms with Crippen molar-refractivity contribution in [2.75, 3.05) is 24.3 Å². The van der Waals surface area contributed by atoms with Crippen molar-refractivity contribution >= 4 is 39.1 Å². The Bertz CT molecular complexity index is 529. The SMILES string of the molecule is CS(=O)(=O)C1CSCCN1C(=O)C1=NNC(=O)CC1. The molecule has 0 aliphatic carbocycles. The average molecular weight is 305 g/mol. The summed E-state index contributed by atoms with van der Waals surface area (Å²) in [6.45, 7) is 0.383. The molecule has 2 rings (SSSR count). The number of carbonyl (C=O) groups is 2. The highest BCUT2D eigenvalue weighted by Crippen LogP contribution is 2.21. The smallest absolute Gasteiger partial charge is 0.271 e. The molecule has 2 heterocycles. The molecule has 1 saturated heterocycles. The molecule has 19 heavy (non-hydrogen) atoms. The van der Waals surface area contributed by atoms with Crippen LogP contribution in [0, 0.1) is 0 Å². The van der Waals surface area contributed by atoms with E-state index < -0.39 is 21.1 Å². The minimum atomic E-state index is -3.33. The molecular weight excluding hydrogens is 290 g/mol. The van der Waals surface area contributed by atoms with Gasteiger partial charge >= 0.3 is 0 Å². The van der Waals surface area contributed by atoms with Gasteiger partial charge in [-0.05, 0) is 0 Å². The number of carbonyl (C=O) groups excluding carboxylic acids is 2. The van der Waals surface area contributed by atoms with Gasteiger partial charge in [0, 0.05) is 37.1 Å². The molecule has 0 bridgehead atoms. The highest BCUT2D eigenvalue weighted by molar-refractivity contribution is 8.00. The third kappa shape index (κ3) is 3.27. The normalized spacial score (nSPS) is 24.7. The summed E-state index contributed by atoms with van der Waals surface area (Å²) >= 11 is 1.52. The van der Waals surface area contributed by atoms with E-state index in [-0.39, 0.29) is 24.5 Å². The maximum absolute atomic E-state index is 12.3. The molecule has 2 amide bonds. The van der Waals surface area contributed by atoms with Crippen LogP contribution in [0.1, 0.15) is 12.8 Å². The van der Waals surface area contributed by atoms with Crippen LogP contribution in [-0.4, -0.2) is 60.5 Å². The van der Waals surface area contributed by atoms with Gasteiger partial charge in [-0.2, -0.15) is 16.9 Å². The first-order chi connectivity index (χ1) is 8.89. The zero-order chi connectivity index (χ0) is 14.0. The van der Waals surface area contributed by atoms with Gasteiger partial charge in [-0.25, -0.2) is 13.8 Å². The van der Waals surface area contributed by atoms with Gasteiger partial charge in [-0.1, -0.05) is 0 Å². The number of nitrogens with zero attached hydrogens (tertiary/aromatic N) is 2. The minimum absolute atomic E-state index is 0.205. The van der Waals surface area contributed by atoms with Crippen LogP contribution in [0.3, 0.4) is 0 Å². The van der Waals surface area contributed by atoms with E-state index in [1.54, 1.807) is 0 Å². The highest BCUT2D eigenvalue weighted by Gasteiger charge is 2.36. The number of hydrogen-bond acceptors (Lipinski definition) is 6. The van der Waals surface area contributed by atoms with E-state index >= 15 is 0 Å². The Morgan fingerprint density at radius 1 is 1.47 bits per heavy atom. The van der Waals surface area contributed by atoms with E-state index in [1.807, 2.05) is 0 Å². The molecule has 1 fully saturated rings. The van der Waals surface area contributed by atoms with Crippen molar-refractivity contribution in [1.82, 2.24) is 10.3 Å². The number of thioether (sulfide) groups is 1. The number of rotatable bonds is 2. The van der Waals surface area contributed by atoms with E-state index in [9.17, 15) is 18.0 Å². The second-order valence-corrected chi connectivity index (χ2v) is 7.80. The third-order valence-electron chi connectivity index (χ3n) is 2.99. The Hall–Kier alpha value is -1.09. The summed E-state index contributed by atoms with van der Waals surface area (Å²) in [5.74, 6) is 0.461. The molecule has 9 heteroatoms. The lowest BCUT2D eigenvalue weighted by Gasteiger charge is -2.34. The Morgan fingerprint density at radius 2 is 2.21 bits per heavy atom. The summed E-state index contributed by atoms with van der Waals surface area (Å²) in [6.07, 6.45) is 1.59. The highest BCUT2D eigenvalue weighted by atomic mass is 32.2. The third-order valence-corrected chi connectivity index (χ3v) is 5.63. The zero-order valence-corrected chi connectivity index (χ0v) is 12.1. The molecule has 0 aromatic carbocycles. The molecule has 2 aliphatic rings. The van der Waals surface area contributed by atoms with Gasteiger partial charge in [0.2, 0.25) is 5.91 Å². The second kappa shape index (κ2) is 5.49. The van der Waals surface area contributed by atoms with Crippen molar-refractivity contribution in [2.45, 2.75) is 18.2 Å². The zero-order valence-electron chi connectivity index (χ0n) is 10.5. The van der Waals surface area contributed by atoms with Crippen molar-refractivity contribution in [2.24, 2.45) is 5.10 Å². The second-order valence-electron chi connectivity index (χ2n) is 4.45. The molecule has 0 spiro atoms. The van der Waals surface area contributed by atoms with Gasteiger partial charge in [0.1, 0.15) is 11.1 Å².